The van der Waals surface area contributed by atoms with Crippen LogP contribution in [0.1, 0.15) is 31.2 Å². The number of guanidine groups is 1. The molecule has 0 radical (unpaired) electrons. The minimum Gasteiger partial charge on any atom is -0.356 e. The third-order valence-electron chi connectivity index (χ3n) is 4.57. The van der Waals surface area contributed by atoms with Gasteiger partial charge in [-0.15, -0.1) is 10.2 Å². The Labute approximate surface area is 160 Å². The number of fused-ring (bicyclic) bond motifs is 1. The van der Waals surface area contributed by atoms with Crippen LogP contribution >= 0.6 is 0 Å². The third kappa shape index (κ3) is 5.54. The zero-order valence-corrected chi connectivity index (χ0v) is 16.1. The van der Waals surface area contributed by atoms with Crippen LogP contribution < -0.4 is 10.6 Å². The van der Waals surface area contributed by atoms with Gasteiger partial charge in [0.25, 0.3) is 0 Å². The van der Waals surface area contributed by atoms with Gasteiger partial charge in [0.15, 0.2) is 11.6 Å². The summed E-state index contributed by atoms with van der Waals surface area (Å²) in [5, 5.41) is 15.3. The van der Waals surface area contributed by atoms with Gasteiger partial charge in [-0.3, -0.25) is 9.39 Å². The highest BCUT2D eigenvalue weighted by atomic mass is 15.2. The Bertz CT molecular complexity index is 855. The van der Waals surface area contributed by atoms with Crippen LogP contribution in [0.5, 0.6) is 0 Å². The van der Waals surface area contributed by atoms with Crippen molar-refractivity contribution in [3.05, 3.63) is 66.1 Å². The van der Waals surface area contributed by atoms with Crippen LogP contribution in [0.25, 0.3) is 5.65 Å². The molecule has 142 valence electrons. The maximum absolute atomic E-state index is 4.33. The van der Waals surface area contributed by atoms with Crippen molar-refractivity contribution in [1.82, 2.24) is 25.2 Å². The number of hydrogen-bond donors (Lipinski definition) is 2. The number of benzene rings is 1. The number of aliphatic imine (C=N–C) groups is 1. The van der Waals surface area contributed by atoms with Gasteiger partial charge in [0.05, 0.1) is 0 Å². The Balaban J connectivity index is 1.38. The molecule has 0 bridgehead atoms. The van der Waals surface area contributed by atoms with Crippen molar-refractivity contribution in [3.8, 4) is 0 Å². The highest BCUT2D eigenvalue weighted by Crippen LogP contribution is 2.06. The lowest BCUT2D eigenvalue weighted by Crippen LogP contribution is -2.42. The first-order valence-corrected chi connectivity index (χ1v) is 9.56. The van der Waals surface area contributed by atoms with Gasteiger partial charge in [-0.05, 0) is 43.9 Å². The predicted molar refractivity (Wildman–Crippen MR) is 110 cm³/mol. The quantitative estimate of drug-likeness (QED) is 0.366. The van der Waals surface area contributed by atoms with Crippen LogP contribution in [0.15, 0.2) is 59.7 Å². The van der Waals surface area contributed by atoms with E-state index in [1.165, 1.54) is 5.56 Å². The molecular weight excluding hydrogens is 336 g/mol. The van der Waals surface area contributed by atoms with E-state index in [-0.39, 0.29) is 0 Å². The molecule has 1 unspecified atom stereocenters. The van der Waals surface area contributed by atoms with Gasteiger partial charge in [-0.25, -0.2) is 0 Å². The second-order valence-corrected chi connectivity index (χ2v) is 6.72. The van der Waals surface area contributed by atoms with Crippen molar-refractivity contribution < 1.29 is 0 Å². The van der Waals surface area contributed by atoms with E-state index in [1.807, 2.05) is 35.8 Å². The first-order chi connectivity index (χ1) is 13.3. The average molecular weight is 364 g/mol. The standard InChI is InChI=1S/C21H28N6/c1-17(13-14-18-9-4-3-5-10-18)24-21(22-2)23-15-8-12-20-26-25-19-11-6-7-16-27(19)20/h3-7,9-11,16-17H,8,12-15H2,1-2H3,(H2,22,23,24). The maximum Gasteiger partial charge on any atom is 0.191 e. The predicted octanol–water partition coefficient (Wildman–Crippen LogP) is 2.85. The van der Waals surface area contributed by atoms with E-state index in [0.717, 1.165) is 49.7 Å². The van der Waals surface area contributed by atoms with Gasteiger partial charge >= 0.3 is 0 Å². The van der Waals surface area contributed by atoms with Crippen LogP contribution in [0.3, 0.4) is 0 Å². The number of aryl methyl sites for hydroxylation is 2. The molecule has 0 amide bonds. The van der Waals surface area contributed by atoms with Crippen LogP contribution in [-0.4, -0.2) is 40.2 Å². The van der Waals surface area contributed by atoms with Crippen molar-refractivity contribution in [2.75, 3.05) is 13.6 Å². The summed E-state index contributed by atoms with van der Waals surface area (Å²) in [5.74, 6) is 1.84. The molecule has 6 nitrogen and oxygen atoms in total. The largest absolute Gasteiger partial charge is 0.356 e. The molecular formula is C21H28N6. The summed E-state index contributed by atoms with van der Waals surface area (Å²) in [6.07, 6.45) is 5.98. The fraction of sp³-hybridized carbons (Fsp3) is 0.381. The zero-order valence-electron chi connectivity index (χ0n) is 16.1. The third-order valence-corrected chi connectivity index (χ3v) is 4.57. The van der Waals surface area contributed by atoms with Crippen molar-refractivity contribution >= 4 is 11.6 Å². The molecule has 0 aliphatic heterocycles. The number of pyridine rings is 1. The highest BCUT2D eigenvalue weighted by molar-refractivity contribution is 5.79. The van der Waals surface area contributed by atoms with E-state index in [9.17, 15) is 0 Å². The highest BCUT2D eigenvalue weighted by Gasteiger charge is 2.07. The van der Waals surface area contributed by atoms with E-state index in [4.69, 9.17) is 0 Å². The Morgan fingerprint density at radius 2 is 1.89 bits per heavy atom. The van der Waals surface area contributed by atoms with Gasteiger partial charge in [-0.2, -0.15) is 0 Å². The van der Waals surface area contributed by atoms with E-state index in [0.29, 0.717) is 6.04 Å². The van der Waals surface area contributed by atoms with Crippen LogP contribution in [-0.2, 0) is 12.8 Å². The molecule has 0 aliphatic rings. The lowest BCUT2D eigenvalue weighted by Gasteiger charge is -2.18. The van der Waals surface area contributed by atoms with Crippen LogP contribution in [0.4, 0.5) is 0 Å². The summed E-state index contributed by atoms with van der Waals surface area (Å²) in [7, 11) is 1.81. The monoisotopic (exact) mass is 364 g/mol. The van der Waals surface area contributed by atoms with Gasteiger partial charge in [0, 0.05) is 32.3 Å². The normalized spacial score (nSPS) is 12.9. The van der Waals surface area contributed by atoms with E-state index >= 15 is 0 Å². The molecule has 0 aliphatic carbocycles. The average Bonchev–Trinajstić information content (AvgIpc) is 3.12. The van der Waals surface area contributed by atoms with Gasteiger partial charge in [0.2, 0.25) is 0 Å². The molecule has 1 aromatic carbocycles. The van der Waals surface area contributed by atoms with Crippen molar-refractivity contribution in [2.45, 2.75) is 38.6 Å². The van der Waals surface area contributed by atoms with Crippen molar-refractivity contribution in [3.63, 3.8) is 0 Å². The minimum atomic E-state index is 0.358. The Morgan fingerprint density at radius 1 is 1.07 bits per heavy atom. The fourth-order valence-electron chi connectivity index (χ4n) is 3.04. The smallest absolute Gasteiger partial charge is 0.191 e. The van der Waals surface area contributed by atoms with Gasteiger partial charge < -0.3 is 10.6 Å². The first-order valence-electron chi connectivity index (χ1n) is 9.56. The van der Waals surface area contributed by atoms with Gasteiger partial charge in [0.1, 0.15) is 5.82 Å². The molecule has 0 saturated heterocycles. The maximum atomic E-state index is 4.33. The summed E-state index contributed by atoms with van der Waals surface area (Å²) < 4.78 is 2.04. The lowest BCUT2D eigenvalue weighted by molar-refractivity contribution is 0.590. The molecule has 27 heavy (non-hydrogen) atoms. The van der Waals surface area contributed by atoms with Crippen molar-refractivity contribution in [1.29, 1.82) is 0 Å². The molecule has 2 heterocycles. The number of hydrogen-bond acceptors (Lipinski definition) is 3. The van der Waals surface area contributed by atoms with E-state index in [1.54, 1.807) is 0 Å². The lowest BCUT2D eigenvalue weighted by atomic mass is 10.1. The summed E-state index contributed by atoms with van der Waals surface area (Å²) in [6, 6.07) is 16.9. The van der Waals surface area contributed by atoms with Crippen LogP contribution in [0.2, 0.25) is 0 Å². The van der Waals surface area contributed by atoms with E-state index < -0.39 is 0 Å². The summed E-state index contributed by atoms with van der Waals surface area (Å²) >= 11 is 0. The molecule has 0 fully saturated rings. The second kappa shape index (κ2) is 9.71. The summed E-state index contributed by atoms with van der Waals surface area (Å²) in [6.45, 7) is 3.03. The molecule has 0 saturated carbocycles. The molecule has 6 heteroatoms. The first kappa shape index (κ1) is 18.9. The number of nitrogens with zero attached hydrogens (tertiary/aromatic N) is 4. The minimum absolute atomic E-state index is 0.358. The number of nitrogens with one attached hydrogen (secondary N) is 2. The molecule has 3 aromatic rings. The number of rotatable bonds is 8. The van der Waals surface area contributed by atoms with E-state index in [2.05, 4.69) is 63.1 Å². The Hall–Kier alpha value is -2.89. The molecule has 0 spiro atoms. The Morgan fingerprint density at radius 3 is 2.70 bits per heavy atom. The van der Waals surface area contributed by atoms with Gasteiger partial charge in [-0.1, -0.05) is 36.4 Å². The topological polar surface area (TPSA) is 66.6 Å². The fourth-order valence-corrected chi connectivity index (χ4v) is 3.04. The molecule has 1 atom stereocenters. The molecule has 3 rings (SSSR count). The second-order valence-electron chi connectivity index (χ2n) is 6.72. The molecule has 2 N–H and O–H groups in total. The Kier molecular flexibility index (Phi) is 6.79. The zero-order chi connectivity index (χ0) is 18.9. The SMILES string of the molecule is CN=C(NCCCc1nnc2ccccn12)NC(C)CCc1ccccc1. The van der Waals surface area contributed by atoms with Crippen molar-refractivity contribution in [2.24, 2.45) is 4.99 Å². The molecule has 2 aromatic heterocycles. The summed E-state index contributed by atoms with van der Waals surface area (Å²) in [5.41, 5.74) is 2.26. The van der Waals surface area contributed by atoms with Crippen LogP contribution in [0, 0.1) is 0 Å². The summed E-state index contributed by atoms with van der Waals surface area (Å²) in [4.78, 5) is 4.33. The number of aromatic nitrogens is 3.